The van der Waals surface area contributed by atoms with Crippen LogP contribution in [0.15, 0.2) is 30.5 Å². The minimum atomic E-state index is -0.370. The number of para-hydroxylation sites is 1. The van der Waals surface area contributed by atoms with E-state index in [1.807, 2.05) is 30.5 Å². The van der Waals surface area contributed by atoms with E-state index in [0.29, 0.717) is 6.42 Å². The molecule has 16 heavy (non-hydrogen) atoms. The van der Waals surface area contributed by atoms with Gasteiger partial charge < -0.3 is 4.98 Å². The van der Waals surface area contributed by atoms with Gasteiger partial charge in [0.15, 0.2) is 0 Å². The Morgan fingerprint density at radius 3 is 2.88 bits per heavy atom. The molecule has 0 amide bonds. The van der Waals surface area contributed by atoms with Crippen molar-refractivity contribution in [1.29, 1.82) is 0 Å². The van der Waals surface area contributed by atoms with Gasteiger partial charge in [0.1, 0.15) is 0 Å². The number of H-pyrrole nitrogens is 1. The average molecular weight is 252 g/mol. The summed E-state index contributed by atoms with van der Waals surface area (Å²) in [6, 6.07) is 7.61. The van der Waals surface area contributed by atoms with Gasteiger partial charge in [0, 0.05) is 17.1 Å². The van der Waals surface area contributed by atoms with Crippen molar-refractivity contribution in [3.63, 3.8) is 0 Å². The smallest absolute Gasteiger partial charge is 0.204 e. The van der Waals surface area contributed by atoms with E-state index in [4.69, 9.17) is 0 Å². The van der Waals surface area contributed by atoms with Crippen molar-refractivity contribution in [3.8, 4) is 0 Å². The maximum Gasteiger partial charge on any atom is 0.204 e. The number of aromatic nitrogens is 1. The summed E-state index contributed by atoms with van der Waals surface area (Å²) in [5.74, 6) is 0. The minimum Gasteiger partial charge on any atom is -0.361 e. The van der Waals surface area contributed by atoms with Crippen molar-refractivity contribution >= 4 is 41.5 Å². The van der Waals surface area contributed by atoms with Crippen LogP contribution in [-0.2, 0) is 11.2 Å². The van der Waals surface area contributed by atoms with Crippen LogP contribution >= 0.6 is 25.4 Å². The normalized spacial score (nSPS) is 12.9. The number of carbonyl (C=O) groups excluding carboxylic acids is 1. The van der Waals surface area contributed by atoms with Gasteiger partial charge in [-0.15, -0.1) is 12.6 Å². The molecule has 5 heteroatoms. The molecule has 2 aromatic rings. The molecule has 0 saturated carbocycles. The van der Waals surface area contributed by atoms with E-state index in [-0.39, 0.29) is 11.2 Å². The SMILES string of the molecule is O=C(S)[C@H](Cc1c[nH]c2ccccc12)NS. The van der Waals surface area contributed by atoms with E-state index >= 15 is 0 Å². The van der Waals surface area contributed by atoms with Crippen LogP contribution < -0.4 is 4.72 Å². The van der Waals surface area contributed by atoms with Crippen molar-refractivity contribution in [2.75, 3.05) is 0 Å². The first-order valence-electron chi connectivity index (χ1n) is 4.90. The number of nitrogens with one attached hydrogen (secondary N) is 2. The van der Waals surface area contributed by atoms with Crippen LogP contribution in [0, 0.1) is 0 Å². The van der Waals surface area contributed by atoms with Gasteiger partial charge in [-0.2, -0.15) is 0 Å². The van der Waals surface area contributed by atoms with E-state index < -0.39 is 0 Å². The van der Waals surface area contributed by atoms with E-state index in [1.54, 1.807) is 0 Å². The molecule has 2 N–H and O–H groups in total. The maximum absolute atomic E-state index is 11.2. The predicted molar refractivity (Wildman–Crippen MR) is 71.9 cm³/mol. The molecule has 1 atom stereocenters. The molecule has 84 valence electrons. The van der Waals surface area contributed by atoms with Crippen LogP contribution in [0.1, 0.15) is 5.56 Å². The Kier molecular flexibility index (Phi) is 3.58. The summed E-state index contributed by atoms with van der Waals surface area (Å²) in [7, 11) is 0. The van der Waals surface area contributed by atoms with Gasteiger partial charge in [0.25, 0.3) is 0 Å². The van der Waals surface area contributed by atoms with Crippen molar-refractivity contribution in [3.05, 3.63) is 36.0 Å². The molecule has 1 aromatic carbocycles. The highest BCUT2D eigenvalue weighted by molar-refractivity contribution is 7.96. The van der Waals surface area contributed by atoms with Crippen molar-refractivity contribution in [2.24, 2.45) is 0 Å². The van der Waals surface area contributed by atoms with Crippen LogP contribution in [0.2, 0.25) is 0 Å². The second-order valence-electron chi connectivity index (χ2n) is 3.58. The summed E-state index contributed by atoms with van der Waals surface area (Å²) in [5.41, 5.74) is 2.16. The quantitative estimate of drug-likeness (QED) is 0.629. The fourth-order valence-electron chi connectivity index (χ4n) is 1.71. The van der Waals surface area contributed by atoms with Crippen molar-refractivity contribution in [2.45, 2.75) is 12.5 Å². The number of aromatic amines is 1. The number of carbonyl (C=O) groups is 1. The molecule has 0 bridgehead atoms. The monoisotopic (exact) mass is 252 g/mol. The summed E-state index contributed by atoms with van der Waals surface area (Å²) >= 11 is 7.75. The Morgan fingerprint density at radius 1 is 1.44 bits per heavy atom. The highest BCUT2D eigenvalue weighted by atomic mass is 32.1. The lowest BCUT2D eigenvalue weighted by Crippen LogP contribution is -2.29. The molecule has 0 unspecified atom stereocenters. The summed E-state index contributed by atoms with van der Waals surface area (Å²) in [6.07, 6.45) is 2.50. The summed E-state index contributed by atoms with van der Waals surface area (Å²) in [5, 5.41) is 0.922. The zero-order valence-corrected chi connectivity index (χ0v) is 10.3. The number of fused-ring (bicyclic) bond motifs is 1. The van der Waals surface area contributed by atoms with Crippen LogP contribution in [0.5, 0.6) is 0 Å². The molecular weight excluding hydrogens is 240 g/mol. The van der Waals surface area contributed by atoms with Gasteiger partial charge >= 0.3 is 0 Å². The standard InChI is InChI=1S/C11H12N2OS2/c14-11(15)10(13-16)5-7-6-12-9-4-2-1-3-8(7)9/h1-4,6,10,12-13,16H,5H2,(H,14,15)/t10-/m0/s1. The lowest BCUT2D eigenvalue weighted by Gasteiger charge is -2.09. The third kappa shape index (κ3) is 2.26. The third-order valence-corrected chi connectivity index (χ3v) is 3.18. The van der Waals surface area contributed by atoms with Gasteiger partial charge in [-0.1, -0.05) is 31.0 Å². The first kappa shape index (κ1) is 11.6. The molecule has 0 aliphatic heterocycles. The molecule has 0 radical (unpaired) electrons. The molecular formula is C11H12N2OS2. The number of hydrogen-bond donors (Lipinski definition) is 4. The highest BCUT2D eigenvalue weighted by Crippen LogP contribution is 2.19. The lowest BCUT2D eigenvalue weighted by molar-refractivity contribution is -0.112. The van der Waals surface area contributed by atoms with E-state index in [9.17, 15) is 4.79 Å². The Labute approximate surface area is 105 Å². The highest BCUT2D eigenvalue weighted by Gasteiger charge is 2.15. The van der Waals surface area contributed by atoms with Gasteiger partial charge in [0.2, 0.25) is 5.12 Å². The van der Waals surface area contributed by atoms with E-state index in [1.165, 1.54) is 0 Å². The number of thiol groups is 2. The number of benzene rings is 1. The first-order chi connectivity index (χ1) is 7.72. The summed E-state index contributed by atoms with van der Waals surface area (Å²) in [6.45, 7) is 0. The van der Waals surface area contributed by atoms with Crippen molar-refractivity contribution in [1.82, 2.24) is 9.71 Å². The fourth-order valence-corrected chi connectivity index (χ4v) is 2.17. The number of hydrogen-bond acceptors (Lipinski definition) is 3. The van der Waals surface area contributed by atoms with Crippen LogP contribution in [0.4, 0.5) is 0 Å². The Hall–Kier alpha value is -0.910. The Balaban J connectivity index is 2.30. The zero-order valence-electron chi connectivity index (χ0n) is 8.47. The Bertz CT molecular complexity index is 509. The molecule has 1 aromatic heterocycles. The largest absolute Gasteiger partial charge is 0.361 e. The summed E-state index contributed by atoms with van der Waals surface area (Å²) in [4.78, 5) is 14.3. The third-order valence-electron chi connectivity index (χ3n) is 2.55. The second kappa shape index (κ2) is 4.95. The van der Waals surface area contributed by atoms with E-state index in [0.717, 1.165) is 16.5 Å². The molecule has 2 rings (SSSR count). The maximum atomic E-state index is 11.2. The van der Waals surface area contributed by atoms with Gasteiger partial charge in [-0.05, 0) is 18.1 Å². The molecule has 0 spiro atoms. The van der Waals surface area contributed by atoms with E-state index in [2.05, 4.69) is 35.1 Å². The van der Waals surface area contributed by atoms with Crippen LogP contribution in [-0.4, -0.2) is 16.1 Å². The molecule has 0 fully saturated rings. The molecule has 1 heterocycles. The number of rotatable bonds is 4. The van der Waals surface area contributed by atoms with Gasteiger partial charge in [0.05, 0.1) is 6.04 Å². The predicted octanol–water partition coefficient (Wildman–Crippen LogP) is 1.97. The summed E-state index contributed by atoms with van der Waals surface area (Å²) < 4.78 is 2.66. The topological polar surface area (TPSA) is 44.9 Å². The molecule has 0 aliphatic carbocycles. The second-order valence-corrected chi connectivity index (χ2v) is 4.28. The zero-order chi connectivity index (χ0) is 11.5. The average Bonchev–Trinajstić information content (AvgIpc) is 2.69. The van der Waals surface area contributed by atoms with Crippen LogP contribution in [0.3, 0.4) is 0 Å². The first-order valence-corrected chi connectivity index (χ1v) is 5.79. The van der Waals surface area contributed by atoms with Gasteiger partial charge in [-0.3, -0.25) is 9.52 Å². The molecule has 3 nitrogen and oxygen atoms in total. The lowest BCUT2D eigenvalue weighted by atomic mass is 10.1. The van der Waals surface area contributed by atoms with Crippen LogP contribution in [0.25, 0.3) is 10.9 Å². The fraction of sp³-hybridized carbons (Fsp3) is 0.182. The van der Waals surface area contributed by atoms with Crippen molar-refractivity contribution < 1.29 is 4.79 Å². The minimum absolute atomic E-state index is 0.208. The van der Waals surface area contributed by atoms with Gasteiger partial charge in [-0.25, -0.2) is 0 Å². The Morgan fingerprint density at radius 2 is 2.19 bits per heavy atom. The molecule has 0 saturated heterocycles. The molecule has 0 aliphatic rings.